The van der Waals surface area contributed by atoms with Crippen LogP contribution in [0.15, 0.2) is 18.2 Å². The maximum atomic E-state index is 13.8. The number of imidazole rings is 1. The Morgan fingerprint density at radius 1 is 1.15 bits per heavy atom. The van der Waals surface area contributed by atoms with Crippen molar-refractivity contribution in [2.45, 2.75) is 52.1 Å². The van der Waals surface area contributed by atoms with Crippen molar-refractivity contribution >= 4 is 17.5 Å². The normalized spacial score (nSPS) is 13.8. The van der Waals surface area contributed by atoms with E-state index in [0.717, 1.165) is 25.0 Å². The Bertz CT molecular complexity index is 900. The van der Waals surface area contributed by atoms with Crippen LogP contribution in [0.3, 0.4) is 0 Å². The number of benzene rings is 1. The fourth-order valence-corrected chi connectivity index (χ4v) is 3.07. The lowest BCUT2D eigenvalue weighted by molar-refractivity contribution is 0.0903. The second-order valence-corrected chi connectivity index (χ2v) is 7.62. The first-order chi connectivity index (χ1) is 12.7. The van der Waals surface area contributed by atoms with Gasteiger partial charge in [-0.1, -0.05) is 0 Å². The van der Waals surface area contributed by atoms with E-state index in [9.17, 15) is 18.4 Å². The van der Waals surface area contributed by atoms with Gasteiger partial charge in [0, 0.05) is 18.2 Å². The Kier molecular flexibility index (Phi) is 4.99. The molecule has 1 aliphatic heterocycles. The summed E-state index contributed by atoms with van der Waals surface area (Å²) in [5.74, 6) is -2.42. The minimum Gasteiger partial charge on any atom is -0.345 e. The second kappa shape index (κ2) is 7.09. The SMILES string of the molecule is CC(C)(C)NC(=O)c1nc(C(=O)Nc2ccc(F)cc2F)c2n1CCCC2. The number of carbonyl (C=O) groups is 2. The van der Waals surface area contributed by atoms with Crippen LogP contribution in [0, 0.1) is 11.6 Å². The Morgan fingerprint density at radius 3 is 2.56 bits per heavy atom. The van der Waals surface area contributed by atoms with Gasteiger partial charge in [-0.25, -0.2) is 13.8 Å². The highest BCUT2D eigenvalue weighted by atomic mass is 19.1. The highest BCUT2D eigenvalue weighted by Gasteiger charge is 2.29. The van der Waals surface area contributed by atoms with E-state index >= 15 is 0 Å². The minimum absolute atomic E-state index is 0.0949. The molecule has 0 radical (unpaired) electrons. The van der Waals surface area contributed by atoms with Gasteiger partial charge in [-0.3, -0.25) is 9.59 Å². The summed E-state index contributed by atoms with van der Waals surface area (Å²) in [6.45, 7) is 6.16. The molecule has 0 aliphatic carbocycles. The first-order valence-corrected chi connectivity index (χ1v) is 8.84. The molecule has 1 aromatic carbocycles. The molecule has 2 amide bonds. The van der Waals surface area contributed by atoms with Crippen molar-refractivity contribution < 1.29 is 18.4 Å². The van der Waals surface area contributed by atoms with Crippen LogP contribution < -0.4 is 10.6 Å². The highest BCUT2D eigenvalue weighted by Crippen LogP contribution is 2.23. The molecule has 0 atom stereocenters. The van der Waals surface area contributed by atoms with Crippen LogP contribution in [-0.2, 0) is 13.0 Å². The molecule has 3 rings (SSSR count). The van der Waals surface area contributed by atoms with Crippen LogP contribution in [0.5, 0.6) is 0 Å². The summed E-state index contributed by atoms with van der Waals surface area (Å²) in [4.78, 5) is 29.5. The number of amides is 2. The lowest BCUT2D eigenvalue weighted by atomic mass is 10.1. The lowest BCUT2D eigenvalue weighted by Gasteiger charge is -2.22. The number of nitrogens with one attached hydrogen (secondary N) is 2. The van der Waals surface area contributed by atoms with Gasteiger partial charge in [-0.05, 0) is 52.2 Å². The molecule has 0 saturated heterocycles. The average Bonchev–Trinajstić information content (AvgIpc) is 2.96. The molecular weight excluding hydrogens is 354 g/mol. The summed E-state index contributed by atoms with van der Waals surface area (Å²) < 4.78 is 28.6. The molecule has 2 aromatic rings. The van der Waals surface area contributed by atoms with E-state index in [1.165, 1.54) is 0 Å². The molecule has 0 saturated carbocycles. The molecule has 0 spiro atoms. The number of hydrogen-bond acceptors (Lipinski definition) is 3. The number of aromatic nitrogens is 2. The monoisotopic (exact) mass is 376 g/mol. The number of carbonyl (C=O) groups excluding carboxylic acids is 2. The highest BCUT2D eigenvalue weighted by molar-refractivity contribution is 6.05. The van der Waals surface area contributed by atoms with Gasteiger partial charge in [0.05, 0.1) is 11.4 Å². The summed E-state index contributed by atoms with van der Waals surface area (Å²) >= 11 is 0. The van der Waals surface area contributed by atoms with Crippen LogP contribution in [0.4, 0.5) is 14.5 Å². The molecule has 2 N–H and O–H groups in total. The van der Waals surface area contributed by atoms with Crippen molar-refractivity contribution in [1.29, 1.82) is 0 Å². The molecule has 1 aromatic heterocycles. The standard InChI is InChI=1S/C19H22F2N4O2/c1-19(2,3)24-18(27)16-23-15(14-6-4-5-9-25(14)16)17(26)22-13-8-7-11(20)10-12(13)21/h7-8,10H,4-6,9H2,1-3H3,(H,22,26)(H,24,27). The number of fused-ring (bicyclic) bond motifs is 1. The number of anilines is 1. The predicted octanol–water partition coefficient (Wildman–Crippen LogP) is 3.28. The smallest absolute Gasteiger partial charge is 0.287 e. The fraction of sp³-hybridized carbons (Fsp3) is 0.421. The predicted molar refractivity (Wildman–Crippen MR) is 96.7 cm³/mol. The number of nitrogens with zero attached hydrogens (tertiary/aromatic N) is 2. The summed E-state index contributed by atoms with van der Waals surface area (Å²) in [5.41, 5.74) is 0.162. The van der Waals surface area contributed by atoms with E-state index in [4.69, 9.17) is 0 Å². The van der Waals surface area contributed by atoms with Gasteiger partial charge in [-0.15, -0.1) is 0 Å². The van der Waals surface area contributed by atoms with E-state index in [1.54, 1.807) is 4.57 Å². The molecule has 1 aliphatic rings. The van der Waals surface area contributed by atoms with Crippen molar-refractivity contribution in [3.63, 3.8) is 0 Å². The first kappa shape index (κ1) is 19.0. The Balaban J connectivity index is 1.93. The Hall–Kier alpha value is -2.77. The van der Waals surface area contributed by atoms with Crippen molar-refractivity contribution in [2.24, 2.45) is 0 Å². The third-order valence-electron chi connectivity index (χ3n) is 4.20. The van der Waals surface area contributed by atoms with Crippen LogP contribution >= 0.6 is 0 Å². The molecular formula is C19H22F2N4O2. The van der Waals surface area contributed by atoms with Gasteiger partial charge in [0.1, 0.15) is 11.6 Å². The quantitative estimate of drug-likeness (QED) is 0.863. The minimum atomic E-state index is -0.873. The van der Waals surface area contributed by atoms with Crippen LogP contribution in [0.25, 0.3) is 0 Å². The Morgan fingerprint density at radius 2 is 1.89 bits per heavy atom. The van der Waals surface area contributed by atoms with Gasteiger partial charge >= 0.3 is 0 Å². The summed E-state index contributed by atoms with van der Waals surface area (Å²) in [5, 5.41) is 5.26. The first-order valence-electron chi connectivity index (χ1n) is 8.84. The molecule has 8 heteroatoms. The van der Waals surface area contributed by atoms with Gasteiger partial charge in [0.25, 0.3) is 11.8 Å². The van der Waals surface area contributed by atoms with E-state index in [0.29, 0.717) is 24.7 Å². The largest absolute Gasteiger partial charge is 0.345 e. The summed E-state index contributed by atoms with van der Waals surface area (Å²) in [6, 6.07) is 2.91. The summed E-state index contributed by atoms with van der Waals surface area (Å²) in [7, 11) is 0. The molecule has 0 unspecified atom stereocenters. The van der Waals surface area contributed by atoms with E-state index in [-0.39, 0.29) is 23.1 Å². The molecule has 0 bridgehead atoms. The molecule has 27 heavy (non-hydrogen) atoms. The van der Waals surface area contributed by atoms with Gasteiger partial charge in [0.15, 0.2) is 11.5 Å². The third-order valence-corrected chi connectivity index (χ3v) is 4.20. The number of halogens is 2. The van der Waals surface area contributed by atoms with Crippen molar-refractivity contribution in [1.82, 2.24) is 14.9 Å². The zero-order chi connectivity index (χ0) is 19.8. The van der Waals surface area contributed by atoms with Crippen molar-refractivity contribution in [3.05, 3.63) is 47.0 Å². The van der Waals surface area contributed by atoms with Crippen LogP contribution in [-0.4, -0.2) is 26.9 Å². The molecule has 6 nitrogen and oxygen atoms in total. The maximum absolute atomic E-state index is 13.8. The van der Waals surface area contributed by atoms with Crippen molar-refractivity contribution in [2.75, 3.05) is 5.32 Å². The lowest BCUT2D eigenvalue weighted by Crippen LogP contribution is -2.42. The number of hydrogen-bond donors (Lipinski definition) is 2. The van der Waals surface area contributed by atoms with E-state index in [2.05, 4.69) is 15.6 Å². The number of rotatable bonds is 3. The molecule has 2 heterocycles. The third kappa shape index (κ3) is 4.15. The van der Waals surface area contributed by atoms with Gasteiger partial charge in [-0.2, -0.15) is 0 Å². The van der Waals surface area contributed by atoms with E-state index < -0.39 is 23.1 Å². The van der Waals surface area contributed by atoms with Crippen LogP contribution in [0.1, 0.15) is 60.4 Å². The zero-order valence-corrected chi connectivity index (χ0v) is 15.5. The van der Waals surface area contributed by atoms with E-state index in [1.807, 2.05) is 20.8 Å². The van der Waals surface area contributed by atoms with Crippen molar-refractivity contribution in [3.8, 4) is 0 Å². The van der Waals surface area contributed by atoms with Gasteiger partial charge < -0.3 is 15.2 Å². The fourth-order valence-electron chi connectivity index (χ4n) is 3.07. The average molecular weight is 376 g/mol. The molecule has 144 valence electrons. The Labute approximate surface area is 156 Å². The summed E-state index contributed by atoms with van der Waals surface area (Å²) in [6.07, 6.45) is 2.36. The maximum Gasteiger partial charge on any atom is 0.287 e. The second-order valence-electron chi connectivity index (χ2n) is 7.62. The zero-order valence-electron chi connectivity index (χ0n) is 15.5. The topological polar surface area (TPSA) is 76.0 Å². The molecule has 0 fully saturated rings. The van der Waals surface area contributed by atoms with Gasteiger partial charge in [0.2, 0.25) is 0 Å². The van der Waals surface area contributed by atoms with Crippen LogP contribution in [0.2, 0.25) is 0 Å².